The fourth-order valence-electron chi connectivity index (χ4n) is 4.53. The normalized spacial score (nSPS) is 18.3. The van der Waals surface area contributed by atoms with Crippen LogP contribution in [-0.2, 0) is 10.0 Å². The summed E-state index contributed by atoms with van der Waals surface area (Å²) < 4.78 is 33.4. The third-order valence-corrected chi connectivity index (χ3v) is 8.31. The molecule has 0 spiro atoms. The molecule has 1 saturated heterocycles. The first kappa shape index (κ1) is 22.6. The van der Waals surface area contributed by atoms with E-state index in [9.17, 15) is 13.2 Å². The average molecular weight is 458 g/mol. The largest absolute Gasteiger partial charge is 0.493 e. The van der Waals surface area contributed by atoms with Crippen LogP contribution in [0.2, 0.25) is 0 Å². The number of carbonyl (C=O) groups excluding carboxylic acids is 1. The van der Waals surface area contributed by atoms with Crippen LogP contribution in [0, 0.1) is 0 Å². The Morgan fingerprint density at radius 3 is 2.56 bits per heavy atom. The zero-order chi connectivity index (χ0) is 22.7. The van der Waals surface area contributed by atoms with E-state index in [1.165, 1.54) is 4.31 Å². The summed E-state index contributed by atoms with van der Waals surface area (Å²) >= 11 is 0. The number of ether oxygens (including phenoxy) is 1. The highest BCUT2D eigenvalue weighted by Crippen LogP contribution is 2.33. The van der Waals surface area contributed by atoms with Gasteiger partial charge < -0.3 is 15.0 Å². The number of nitrogens with zero attached hydrogens (tertiary/aromatic N) is 2. The molecule has 0 aromatic heterocycles. The summed E-state index contributed by atoms with van der Waals surface area (Å²) in [5.74, 6) is 0.520. The van der Waals surface area contributed by atoms with Gasteiger partial charge in [-0.15, -0.1) is 0 Å². The number of hydrogen-bond acceptors (Lipinski definition) is 5. The van der Waals surface area contributed by atoms with E-state index in [1.807, 2.05) is 38.1 Å². The quantitative estimate of drug-likeness (QED) is 0.688. The molecule has 8 heteroatoms. The Morgan fingerprint density at radius 1 is 1.12 bits per heavy atom. The standard InChI is InChI=1S/C24H31N3O4S/c1-3-27(4-2)32(29,30)18-11-12-22(26-14-7-8-15-26)20(17-18)24(28)25-21-13-16-31-23-10-6-5-9-19(21)23/h5-6,9-12,17,21H,3-4,7-8,13-16H2,1-2H3,(H,25,28). The van der Waals surface area contributed by atoms with Crippen LogP contribution in [0.3, 0.4) is 0 Å². The van der Waals surface area contributed by atoms with Crippen molar-refractivity contribution in [1.82, 2.24) is 9.62 Å². The van der Waals surface area contributed by atoms with Crippen molar-refractivity contribution in [2.24, 2.45) is 0 Å². The molecule has 2 heterocycles. The van der Waals surface area contributed by atoms with Gasteiger partial charge in [-0.3, -0.25) is 4.79 Å². The summed E-state index contributed by atoms with van der Waals surface area (Å²) in [6.07, 6.45) is 2.79. The van der Waals surface area contributed by atoms with Crippen LogP contribution in [0.1, 0.15) is 55.1 Å². The fourth-order valence-corrected chi connectivity index (χ4v) is 6.02. The molecule has 0 bridgehead atoms. The minimum Gasteiger partial charge on any atom is -0.493 e. The van der Waals surface area contributed by atoms with Crippen LogP contribution in [0.15, 0.2) is 47.4 Å². The SMILES string of the molecule is CCN(CC)S(=O)(=O)c1ccc(N2CCCC2)c(C(=O)NC2CCOc3ccccc32)c1. The van der Waals surface area contributed by atoms with Gasteiger partial charge in [0.15, 0.2) is 0 Å². The molecule has 4 rings (SSSR count). The maximum absolute atomic E-state index is 13.5. The number of benzene rings is 2. The smallest absolute Gasteiger partial charge is 0.253 e. The van der Waals surface area contributed by atoms with E-state index in [-0.39, 0.29) is 16.8 Å². The summed E-state index contributed by atoms with van der Waals surface area (Å²) in [5.41, 5.74) is 2.14. The van der Waals surface area contributed by atoms with Crippen molar-refractivity contribution in [2.75, 3.05) is 37.7 Å². The number of carbonyl (C=O) groups is 1. The predicted octanol–water partition coefficient (Wildman–Crippen LogP) is 3.57. The summed E-state index contributed by atoms with van der Waals surface area (Å²) in [5, 5.41) is 3.14. The van der Waals surface area contributed by atoms with E-state index < -0.39 is 10.0 Å². The topological polar surface area (TPSA) is 79.0 Å². The number of fused-ring (bicyclic) bond motifs is 1. The van der Waals surface area contributed by atoms with E-state index in [2.05, 4.69) is 10.2 Å². The minimum absolute atomic E-state index is 0.154. The highest BCUT2D eigenvalue weighted by atomic mass is 32.2. The van der Waals surface area contributed by atoms with Crippen LogP contribution in [0.25, 0.3) is 0 Å². The Kier molecular flexibility index (Phi) is 6.71. The van der Waals surface area contributed by atoms with Crippen LogP contribution in [-0.4, -0.2) is 51.4 Å². The Hall–Kier alpha value is -2.58. The molecule has 32 heavy (non-hydrogen) atoms. The van der Waals surface area contributed by atoms with Crippen molar-refractivity contribution in [3.63, 3.8) is 0 Å². The Balaban J connectivity index is 1.70. The number of anilines is 1. The lowest BCUT2D eigenvalue weighted by Gasteiger charge is -2.28. The molecule has 2 aliphatic rings. The second kappa shape index (κ2) is 9.50. The lowest BCUT2D eigenvalue weighted by molar-refractivity contribution is 0.0925. The first-order chi connectivity index (χ1) is 15.5. The van der Waals surface area contributed by atoms with Crippen molar-refractivity contribution in [3.05, 3.63) is 53.6 Å². The van der Waals surface area contributed by atoms with Crippen LogP contribution in [0.5, 0.6) is 5.75 Å². The second-order valence-electron chi connectivity index (χ2n) is 8.16. The van der Waals surface area contributed by atoms with E-state index >= 15 is 0 Å². The lowest BCUT2D eigenvalue weighted by atomic mass is 10.00. The van der Waals surface area contributed by atoms with Gasteiger partial charge in [0.05, 0.1) is 23.1 Å². The maximum atomic E-state index is 13.5. The summed E-state index contributed by atoms with van der Waals surface area (Å²) in [7, 11) is -3.66. The number of sulfonamides is 1. The average Bonchev–Trinajstić information content (AvgIpc) is 3.34. The van der Waals surface area contributed by atoms with Gasteiger partial charge in [0, 0.05) is 43.9 Å². The van der Waals surface area contributed by atoms with Gasteiger partial charge in [0.25, 0.3) is 5.91 Å². The molecule has 1 amide bonds. The molecule has 0 aliphatic carbocycles. The molecule has 2 aromatic rings. The molecule has 1 unspecified atom stereocenters. The maximum Gasteiger partial charge on any atom is 0.253 e. The van der Waals surface area contributed by atoms with Crippen molar-refractivity contribution in [1.29, 1.82) is 0 Å². The van der Waals surface area contributed by atoms with Gasteiger partial charge in [0.2, 0.25) is 10.0 Å². The van der Waals surface area contributed by atoms with Crippen molar-refractivity contribution >= 4 is 21.6 Å². The third kappa shape index (κ3) is 4.34. The van der Waals surface area contributed by atoms with E-state index in [1.54, 1.807) is 18.2 Å². The zero-order valence-corrected chi connectivity index (χ0v) is 19.5. The van der Waals surface area contributed by atoms with E-state index in [0.29, 0.717) is 31.7 Å². The van der Waals surface area contributed by atoms with Crippen molar-refractivity contribution in [2.45, 2.75) is 44.0 Å². The molecule has 1 N–H and O–H groups in total. The molecule has 0 radical (unpaired) electrons. The van der Waals surface area contributed by atoms with Crippen LogP contribution >= 0.6 is 0 Å². The van der Waals surface area contributed by atoms with Crippen LogP contribution in [0.4, 0.5) is 5.69 Å². The van der Waals surface area contributed by atoms with Gasteiger partial charge >= 0.3 is 0 Å². The summed E-state index contributed by atoms with van der Waals surface area (Å²) in [6, 6.07) is 12.5. The fraction of sp³-hybridized carbons (Fsp3) is 0.458. The number of para-hydroxylation sites is 1. The van der Waals surface area contributed by atoms with Gasteiger partial charge in [-0.1, -0.05) is 32.0 Å². The molecule has 1 fully saturated rings. The van der Waals surface area contributed by atoms with Crippen molar-refractivity contribution in [3.8, 4) is 5.75 Å². The van der Waals surface area contributed by atoms with E-state index in [4.69, 9.17) is 4.74 Å². The van der Waals surface area contributed by atoms with Crippen LogP contribution < -0.4 is 15.0 Å². The molecule has 0 saturated carbocycles. The molecule has 1 atom stereocenters. The van der Waals surface area contributed by atoms with Gasteiger partial charge in [-0.05, 0) is 37.1 Å². The molecular weight excluding hydrogens is 426 g/mol. The monoisotopic (exact) mass is 457 g/mol. The van der Waals surface area contributed by atoms with Gasteiger partial charge in [-0.25, -0.2) is 8.42 Å². The first-order valence-corrected chi connectivity index (χ1v) is 12.8. The molecule has 2 aliphatic heterocycles. The zero-order valence-electron chi connectivity index (χ0n) is 18.7. The molecule has 172 valence electrons. The molecule has 2 aromatic carbocycles. The highest BCUT2D eigenvalue weighted by Gasteiger charge is 2.29. The van der Waals surface area contributed by atoms with Gasteiger partial charge in [0.1, 0.15) is 5.75 Å². The lowest BCUT2D eigenvalue weighted by Crippen LogP contribution is -2.34. The summed E-state index contributed by atoms with van der Waals surface area (Å²) in [4.78, 5) is 15.8. The highest BCUT2D eigenvalue weighted by molar-refractivity contribution is 7.89. The third-order valence-electron chi connectivity index (χ3n) is 6.27. The Bertz CT molecular complexity index is 1080. The number of hydrogen-bond donors (Lipinski definition) is 1. The molecular formula is C24H31N3O4S. The number of amides is 1. The Morgan fingerprint density at radius 2 is 1.84 bits per heavy atom. The first-order valence-electron chi connectivity index (χ1n) is 11.4. The Labute approximate surface area is 190 Å². The predicted molar refractivity (Wildman–Crippen MR) is 125 cm³/mol. The van der Waals surface area contributed by atoms with Gasteiger partial charge in [-0.2, -0.15) is 4.31 Å². The summed E-state index contributed by atoms with van der Waals surface area (Å²) in [6.45, 7) is 6.65. The second-order valence-corrected chi connectivity index (χ2v) is 10.1. The van der Waals surface area contributed by atoms with E-state index in [0.717, 1.165) is 42.9 Å². The minimum atomic E-state index is -3.66. The molecule has 7 nitrogen and oxygen atoms in total. The number of nitrogens with one attached hydrogen (secondary N) is 1. The number of rotatable bonds is 7. The van der Waals surface area contributed by atoms with Crippen molar-refractivity contribution < 1.29 is 17.9 Å².